The number of nitrogens with zero attached hydrogens (tertiary/aromatic N) is 1. The van der Waals surface area contributed by atoms with E-state index in [1.54, 1.807) is 0 Å². The van der Waals surface area contributed by atoms with Crippen LogP contribution < -0.4 is 10.6 Å². The summed E-state index contributed by atoms with van der Waals surface area (Å²) in [6, 6.07) is 4.80. The molecule has 2 aromatic rings. The Labute approximate surface area is 182 Å². The molecule has 31 heavy (non-hydrogen) atoms. The van der Waals surface area contributed by atoms with Gasteiger partial charge in [0.2, 0.25) is 0 Å². The Kier molecular flexibility index (Phi) is 5.80. The lowest BCUT2D eigenvalue weighted by molar-refractivity contribution is -0.384. The average molecular weight is 464 g/mol. The summed E-state index contributed by atoms with van der Waals surface area (Å²) < 4.78 is 23.5. The van der Waals surface area contributed by atoms with Gasteiger partial charge in [-0.1, -0.05) is 0 Å². The maximum absolute atomic E-state index is 13.1. The van der Waals surface area contributed by atoms with Gasteiger partial charge in [0.15, 0.2) is 9.84 Å². The van der Waals surface area contributed by atoms with Gasteiger partial charge in [-0.2, -0.15) is 0 Å². The number of hydrogen-bond donors (Lipinski definition) is 2. The monoisotopic (exact) mass is 463 g/mol. The SMILES string of the molecule is O=C(Nc1sc2c(c1C(=O)N[C@H]1CCS(=O)(=O)C1)CCCC2)c1ccc([N+](=O)[O-])cc1. The van der Waals surface area contributed by atoms with Gasteiger partial charge in [0.1, 0.15) is 5.00 Å². The summed E-state index contributed by atoms with van der Waals surface area (Å²) in [6.45, 7) is 0. The van der Waals surface area contributed by atoms with Crippen molar-refractivity contribution >= 4 is 43.7 Å². The maximum Gasteiger partial charge on any atom is 0.269 e. The topological polar surface area (TPSA) is 135 Å². The molecule has 1 aliphatic heterocycles. The first-order valence-electron chi connectivity index (χ1n) is 9.95. The smallest absolute Gasteiger partial charge is 0.269 e. The zero-order valence-corrected chi connectivity index (χ0v) is 18.2. The molecular weight excluding hydrogens is 442 g/mol. The third kappa shape index (κ3) is 4.62. The number of sulfone groups is 1. The first-order chi connectivity index (χ1) is 14.7. The van der Waals surface area contributed by atoms with Crippen LogP contribution in [0.3, 0.4) is 0 Å². The molecule has 2 aliphatic rings. The van der Waals surface area contributed by atoms with Crippen LogP contribution in [0.25, 0.3) is 0 Å². The number of fused-ring (bicyclic) bond motifs is 1. The number of non-ortho nitro benzene ring substituents is 1. The molecule has 4 rings (SSSR count). The molecule has 1 saturated heterocycles. The predicted octanol–water partition coefficient (Wildman–Crippen LogP) is 2.70. The zero-order valence-electron chi connectivity index (χ0n) is 16.5. The molecule has 2 heterocycles. The van der Waals surface area contributed by atoms with Crippen molar-refractivity contribution in [2.75, 3.05) is 16.8 Å². The second-order valence-corrected chi connectivity index (χ2v) is 11.1. The number of hydrogen-bond acceptors (Lipinski definition) is 7. The predicted molar refractivity (Wildman–Crippen MR) is 117 cm³/mol. The van der Waals surface area contributed by atoms with Gasteiger partial charge in [0, 0.05) is 28.6 Å². The van der Waals surface area contributed by atoms with Gasteiger partial charge in [0.05, 0.1) is 22.0 Å². The Balaban J connectivity index is 1.58. The minimum absolute atomic E-state index is 0.0590. The number of carbonyl (C=O) groups is 2. The van der Waals surface area contributed by atoms with Crippen molar-refractivity contribution in [2.45, 2.75) is 38.1 Å². The van der Waals surface area contributed by atoms with Gasteiger partial charge < -0.3 is 10.6 Å². The fraction of sp³-hybridized carbons (Fsp3) is 0.400. The van der Waals surface area contributed by atoms with E-state index >= 15 is 0 Å². The minimum atomic E-state index is -3.13. The summed E-state index contributed by atoms with van der Waals surface area (Å²) >= 11 is 1.36. The number of benzene rings is 1. The fourth-order valence-corrected chi connectivity index (χ4v) is 6.93. The normalized spacial score (nSPS) is 19.4. The first kappa shape index (κ1) is 21.4. The van der Waals surface area contributed by atoms with E-state index in [4.69, 9.17) is 0 Å². The maximum atomic E-state index is 13.1. The first-order valence-corrected chi connectivity index (χ1v) is 12.6. The molecule has 11 heteroatoms. The Morgan fingerprint density at radius 1 is 1.10 bits per heavy atom. The van der Waals surface area contributed by atoms with Gasteiger partial charge in [-0.25, -0.2) is 8.42 Å². The highest BCUT2D eigenvalue weighted by molar-refractivity contribution is 7.91. The summed E-state index contributed by atoms with van der Waals surface area (Å²) in [4.78, 5) is 37.1. The number of rotatable bonds is 5. The Bertz CT molecular complexity index is 1150. The van der Waals surface area contributed by atoms with E-state index < -0.39 is 26.7 Å². The lowest BCUT2D eigenvalue weighted by Gasteiger charge is -2.15. The average Bonchev–Trinajstić information content (AvgIpc) is 3.26. The van der Waals surface area contributed by atoms with Crippen molar-refractivity contribution in [2.24, 2.45) is 0 Å². The van der Waals surface area contributed by atoms with E-state index in [0.29, 0.717) is 17.0 Å². The number of carbonyl (C=O) groups excluding carboxylic acids is 2. The molecule has 0 unspecified atom stereocenters. The van der Waals surface area contributed by atoms with Crippen LogP contribution in [0.4, 0.5) is 10.7 Å². The highest BCUT2D eigenvalue weighted by Crippen LogP contribution is 2.38. The Hall–Kier alpha value is -2.79. The van der Waals surface area contributed by atoms with Gasteiger partial charge >= 0.3 is 0 Å². The molecule has 2 amide bonds. The van der Waals surface area contributed by atoms with E-state index in [-0.39, 0.29) is 28.7 Å². The van der Waals surface area contributed by atoms with Crippen LogP contribution in [-0.2, 0) is 22.7 Å². The van der Waals surface area contributed by atoms with Crippen LogP contribution in [0.1, 0.15) is 50.4 Å². The molecule has 1 aromatic carbocycles. The molecule has 1 atom stereocenters. The van der Waals surface area contributed by atoms with E-state index in [1.165, 1.54) is 35.6 Å². The number of nitro benzene ring substituents is 1. The summed E-state index contributed by atoms with van der Waals surface area (Å²) in [6.07, 6.45) is 3.88. The number of amides is 2. The molecule has 1 aliphatic carbocycles. The highest BCUT2D eigenvalue weighted by atomic mass is 32.2. The van der Waals surface area contributed by atoms with Gasteiger partial charge in [0.25, 0.3) is 17.5 Å². The van der Waals surface area contributed by atoms with Crippen molar-refractivity contribution in [1.82, 2.24) is 5.32 Å². The van der Waals surface area contributed by atoms with E-state index in [9.17, 15) is 28.1 Å². The molecule has 9 nitrogen and oxygen atoms in total. The molecule has 1 aromatic heterocycles. The van der Waals surface area contributed by atoms with E-state index in [2.05, 4.69) is 10.6 Å². The molecule has 2 N–H and O–H groups in total. The second kappa shape index (κ2) is 8.39. The summed E-state index contributed by atoms with van der Waals surface area (Å²) in [7, 11) is -3.13. The van der Waals surface area contributed by atoms with E-state index in [1.807, 2.05) is 0 Å². The van der Waals surface area contributed by atoms with Crippen LogP contribution in [0.5, 0.6) is 0 Å². The fourth-order valence-electron chi connectivity index (χ4n) is 3.97. The quantitative estimate of drug-likeness (QED) is 0.517. The van der Waals surface area contributed by atoms with Gasteiger partial charge in [-0.3, -0.25) is 19.7 Å². The summed E-state index contributed by atoms with van der Waals surface area (Å²) in [5.74, 6) is -0.856. The largest absolute Gasteiger partial charge is 0.348 e. The third-order valence-corrected chi connectivity index (χ3v) is 8.51. The van der Waals surface area contributed by atoms with Crippen molar-refractivity contribution in [3.63, 3.8) is 0 Å². The molecule has 0 saturated carbocycles. The number of nitro groups is 1. The number of anilines is 1. The van der Waals surface area contributed by atoms with Crippen molar-refractivity contribution in [1.29, 1.82) is 0 Å². The number of thiophene rings is 1. The minimum Gasteiger partial charge on any atom is -0.348 e. The number of aryl methyl sites for hydroxylation is 1. The van der Waals surface area contributed by atoms with Crippen LogP contribution in [-0.4, -0.2) is 42.7 Å². The molecule has 164 valence electrons. The van der Waals surface area contributed by atoms with Crippen LogP contribution in [0.2, 0.25) is 0 Å². The van der Waals surface area contributed by atoms with Crippen molar-refractivity contribution in [3.8, 4) is 0 Å². The van der Waals surface area contributed by atoms with Crippen molar-refractivity contribution < 1.29 is 22.9 Å². The van der Waals surface area contributed by atoms with Crippen LogP contribution in [0, 0.1) is 10.1 Å². The van der Waals surface area contributed by atoms with E-state index in [0.717, 1.165) is 36.1 Å². The molecule has 0 radical (unpaired) electrons. The van der Waals surface area contributed by atoms with Crippen molar-refractivity contribution in [3.05, 3.63) is 55.9 Å². The molecular formula is C20H21N3O6S2. The zero-order chi connectivity index (χ0) is 22.2. The Morgan fingerprint density at radius 3 is 2.45 bits per heavy atom. The van der Waals surface area contributed by atoms with Crippen LogP contribution in [0.15, 0.2) is 24.3 Å². The standard InChI is InChI=1S/C20H21N3O6S2/c24-18(12-5-7-14(8-6-12)23(26)27)22-20-17(15-3-1-2-4-16(15)30-20)19(25)21-13-9-10-31(28,29)11-13/h5-8,13H,1-4,9-11H2,(H,21,25)(H,22,24)/t13-/m0/s1. The highest BCUT2D eigenvalue weighted by Gasteiger charge is 2.32. The number of nitrogens with one attached hydrogen (secondary N) is 2. The molecule has 1 fully saturated rings. The third-order valence-electron chi connectivity index (χ3n) is 5.53. The van der Waals surface area contributed by atoms with Crippen LogP contribution >= 0.6 is 11.3 Å². The molecule has 0 bridgehead atoms. The second-order valence-electron chi connectivity index (χ2n) is 7.75. The summed E-state index contributed by atoms with van der Waals surface area (Å²) in [5.41, 5.74) is 1.44. The van der Waals surface area contributed by atoms with Gasteiger partial charge in [-0.15, -0.1) is 11.3 Å². The summed E-state index contributed by atoms with van der Waals surface area (Å²) in [5, 5.41) is 16.8. The van der Waals surface area contributed by atoms with Gasteiger partial charge in [-0.05, 0) is 49.8 Å². The lowest BCUT2D eigenvalue weighted by Crippen LogP contribution is -2.36. The molecule has 0 spiro atoms. The Morgan fingerprint density at radius 2 is 1.81 bits per heavy atom. The lowest BCUT2D eigenvalue weighted by atomic mass is 9.95.